The third-order valence-corrected chi connectivity index (χ3v) is 4.40. The fourth-order valence-electron chi connectivity index (χ4n) is 3.27. The largest absolute Gasteiger partial charge is 0.319 e. The molecular weight excluding hydrogens is 254 g/mol. The van der Waals surface area contributed by atoms with Gasteiger partial charge in [0.25, 0.3) is 0 Å². The Morgan fingerprint density at radius 2 is 1.81 bits per heavy atom. The maximum Gasteiger partial charge on any atom is -0.00169 e. The van der Waals surface area contributed by atoms with Gasteiger partial charge in [0.2, 0.25) is 0 Å². The predicted octanol–water partition coefficient (Wildman–Crippen LogP) is 4.13. The highest BCUT2D eigenvalue weighted by atomic mass is 14.8. The molecule has 1 N–H and O–H groups in total. The van der Waals surface area contributed by atoms with Crippen molar-refractivity contribution in [2.45, 2.75) is 26.2 Å². The van der Waals surface area contributed by atoms with Gasteiger partial charge in [-0.2, -0.15) is 0 Å². The normalized spacial score (nSPS) is 15.4. The summed E-state index contributed by atoms with van der Waals surface area (Å²) in [5.74, 6) is 0. The molecule has 0 aromatic heterocycles. The van der Waals surface area contributed by atoms with Crippen LogP contribution in [0.5, 0.6) is 0 Å². The molecule has 0 aliphatic heterocycles. The van der Waals surface area contributed by atoms with Gasteiger partial charge in [0.1, 0.15) is 0 Å². The first-order chi connectivity index (χ1) is 10.3. The summed E-state index contributed by atoms with van der Waals surface area (Å²) in [5.41, 5.74) is 8.67. The third-order valence-electron chi connectivity index (χ3n) is 4.40. The maximum absolute atomic E-state index is 3.24. The molecule has 2 aromatic carbocycles. The van der Waals surface area contributed by atoms with Crippen LogP contribution < -0.4 is 5.32 Å². The van der Waals surface area contributed by atoms with Gasteiger partial charge in [-0.05, 0) is 73.2 Å². The van der Waals surface area contributed by atoms with Crippen LogP contribution in [0.2, 0.25) is 0 Å². The lowest BCUT2D eigenvalue weighted by atomic mass is 9.91. The van der Waals surface area contributed by atoms with Crippen LogP contribution >= 0.6 is 0 Å². The summed E-state index contributed by atoms with van der Waals surface area (Å²) in [7, 11) is 2.01. The van der Waals surface area contributed by atoms with E-state index in [9.17, 15) is 0 Å². The highest BCUT2D eigenvalue weighted by Gasteiger charge is 2.18. The smallest absolute Gasteiger partial charge is 0.00169 e. The molecule has 0 radical (unpaired) electrons. The van der Waals surface area contributed by atoms with Crippen LogP contribution in [-0.2, 0) is 12.8 Å². The first-order valence-electron chi connectivity index (χ1n) is 7.83. The molecule has 0 saturated heterocycles. The Morgan fingerprint density at radius 3 is 2.67 bits per heavy atom. The minimum absolute atomic E-state index is 1.02. The van der Waals surface area contributed by atoms with Gasteiger partial charge in [-0.3, -0.25) is 0 Å². The summed E-state index contributed by atoms with van der Waals surface area (Å²) in [4.78, 5) is 0. The summed E-state index contributed by atoms with van der Waals surface area (Å²) in [6, 6.07) is 15.6. The number of aryl methyl sites for hydroxylation is 2. The molecule has 0 unspecified atom stereocenters. The summed E-state index contributed by atoms with van der Waals surface area (Å²) in [5, 5.41) is 3.24. The quantitative estimate of drug-likeness (QED) is 0.832. The molecule has 0 atom stereocenters. The number of benzene rings is 2. The molecule has 1 nitrogen and oxygen atoms in total. The molecule has 108 valence electrons. The van der Waals surface area contributed by atoms with Crippen molar-refractivity contribution < 1.29 is 0 Å². The van der Waals surface area contributed by atoms with Gasteiger partial charge in [0, 0.05) is 0 Å². The van der Waals surface area contributed by atoms with Crippen LogP contribution in [0.25, 0.3) is 5.57 Å². The molecule has 1 aliphatic carbocycles. The van der Waals surface area contributed by atoms with E-state index in [0.29, 0.717) is 0 Å². The molecule has 1 heteroatoms. The van der Waals surface area contributed by atoms with E-state index >= 15 is 0 Å². The average molecular weight is 277 g/mol. The lowest BCUT2D eigenvalue weighted by Gasteiger charge is -2.13. The predicted molar refractivity (Wildman–Crippen MR) is 90.7 cm³/mol. The molecule has 1 aliphatic rings. The molecule has 0 heterocycles. The number of rotatable bonds is 3. The zero-order valence-corrected chi connectivity index (χ0v) is 12.9. The van der Waals surface area contributed by atoms with Crippen LogP contribution in [0.1, 0.15) is 34.2 Å². The van der Waals surface area contributed by atoms with Crippen molar-refractivity contribution in [3.8, 4) is 0 Å². The molecule has 3 rings (SSSR count). The highest BCUT2D eigenvalue weighted by Crippen LogP contribution is 2.34. The third kappa shape index (κ3) is 2.79. The van der Waals surface area contributed by atoms with E-state index < -0.39 is 0 Å². The zero-order valence-electron chi connectivity index (χ0n) is 12.9. The van der Waals surface area contributed by atoms with Gasteiger partial charge in [-0.1, -0.05) is 48.5 Å². The van der Waals surface area contributed by atoms with Crippen LogP contribution in [0, 0.1) is 6.92 Å². The van der Waals surface area contributed by atoms with Crippen molar-refractivity contribution in [3.05, 3.63) is 76.4 Å². The maximum atomic E-state index is 3.24. The van der Waals surface area contributed by atoms with Crippen molar-refractivity contribution in [2.24, 2.45) is 0 Å². The summed E-state index contributed by atoms with van der Waals surface area (Å²) in [6.45, 7) is 3.26. The molecule has 0 spiro atoms. The molecule has 21 heavy (non-hydrogen) atoms. The SMILES string of the molecule is CNCC/C=C1/c2ccccc2CCc2c(C)cccc21. The number of fused-ring (bicyclic) bond motifs is 2. The van der Waals surface area contributed by atoms with Gasteiger partial charge in [0.05, 0.1) is 0 Å². The Kier molecular flexibility index (Phi) is 4.21. The van der Waals surface area contributed by atoms with Crippen molar-refractivity contribution in [2.75, 3.05) is 13.6 Å². The Morgan fingerprint density at radius 1 is 1.00 bits per heavy atom. The van der Waals surface area contributed by atoms with Crippen molar-refractivity contribution in [1.29, 1.82) is 0 Å². The zero-order chi connectivity index (χ0) is 14.7. The van der Waals surface area contributed by atoms with E-state index in [1.54, 1.807) is 0 Å². The second kappa shape index (κ2) is 6.28. The lowest BCUT2D eigenvalue weighted by Crippen LogP contribution is -2.06. The molecule has 2 aromatic rings. The van der Waals surface area contributed by atoms with E-state index in [-0.39, 0.29) is 0 Å². The lowest BCUT2D eigenvalue weighted by molar-refractivity contribution is 0.808. The second-order valence-corrected chi connectivity index (χ2v) is 5.77. The van der Waals surface area contributed by atoms with Crippen LogP contribution in [0.15, 0.2) is 48.5 Å². The molecule has 0 bridgehead atoms. The van der Waals surface area contributed by atoms with Gasteiger partial charge in [-0.15, -0.1) is 0 Å². The van der Waals surface area contributed by atoms with Crippen molar-refractivity contribution >= 4 is 5.57 Å². The molecular formula is C20H23N. The first-order valence-corrected chi connectivity index (χ1v) is 7.83. The van der Waals surface area contributed by atoms with Crippen LogP contribution in [0.4, 0.5) is 0 Å². The standard InChI is InChI=1S/C20H23N/c1-15-7-5-10-19-17(15)13-12-16-8-3-4-9-18(16)20(19)11-6-14-21-2/h3-5,7-11,21H,6,12-14H2,1-2H3/b20-11-. The average Bonchev–Trinajstić information content (AvgIpc) is 2.66. The fraction of sp³-hybridized carbons (Fsp3) is 0.300. The Hall–Kier alpha value is -1.86. The fourth-order valence-corrected chi connectivity index (χ4v) is 3.27. The Labute approximate surface area is 127 Å². The van der Waals surface area contributed by atoms with E-state index in [0.717, 1.165) is 25.8 Å². The Balaban J connectivity index is 2.15. The van der Waals surface area contributed by atoms with E-state index in [2.05, 4.69) is 60.8 Å². The van der Waals surface area contributed by atoms with Crippen molar-refractivity contribution in [1.82, 2.24) is 5.32 Å². The van der Waals surface area contributed by atoms with E-state index in [4.69, 9.17) is 0 Å². The minimum atomic E-state index is 1.02. The minimum Gasteiger partial charge on any atom is -0.319 e. The van der Waals surface area contributed by atoms with E-state index in [1.807, 2.05) is 7.05 Å². The highest BCUT2D eigenvalue weighted by molar-refractivity contribution is 5.84. The van der Waals surface area contributed by atoms with Crippen LogP contribution in [0.3, 0.4) is 0 Å². The van der Waals surface area contributed by atoms with Crippen LogP contribution in [-0.4, -0.2) is 13.6 Å². The number of hydrogen-bond acceptors (Lipinski definition) is 1. The Bertz CT molecular complexity index is 667. The van der Waals surface area contributed by atoms with Crippen molar-refractivity contribution in [3.63, 3.8) is 0 Å². The number of hydrogen-bond donors (Lipinski definition) is 1. The first kappa shape index (κ1) is 14.1. The van der Waals surface area contributed by atoms with Gasteiger partial charge in [-0.25, -0.2) is 0 Å². The molecule has 0 saturated carbocycles. The molecule has 0 fully saturated rings. The topological polar surface area (TPSA) is 12.0 Å². The second-order valence-electron chi connectivity index (χ2n) is 5.77. The van der Waals surface area contributed by atoms with Gasteiger partial charge in [0.15, 0.2) is 0 Å². The number of nitrogens with one attached hydrogen (secondary N) is 1. The monoisotopic (exact) mass is 277 g/mol. The summed E-state index contributed by atoms with van der Waals surface area (Å²) in [6.07, 6.45) is 5.74. The summed E-state index contributed by atoms with van der Waals surface area (Å²) < 4.78 is 0. The van der Waals surface area contributed by atoms with Gasteiger partial charge >= 0.3 is 0 Å². The van der Waals surface area contributed by atoms with Gasteiger partial charge < -0.3 is 5.32 Å². The summed E-state index contributed by atoms with van der Waals surface area (Å²) >= 11 is 0. The van der Waals surface area contributed by atoms with E-state index in [1.165, 1.54) is 33.4 Å². The molecule has 0 amide bonds.